The largest absolute Gasteiger partial charge is 0.478 e. The van der Waals surface area contributed by atoms with Crippen LogP contribution in [0.15, 0.2) is 22.7 Å². The Balaban J connectivity index is 1.12. The van der Waals surface area contributed by atoms with E-state index >= 15 is 0 Å². The Morgan fingerprint density at radius 2 is 1.90 bits per heavy atom. The van der Waals surface area contributed by atoms with Gasteiger partial charge in [0, 0.05) is 36.1 Å². The summed E-state index contributed by atoms with van der Waals surface area (Å²) in [5.74, 6) is 1.20. The minimum absolute atomic E-state index is 0.312. The number of carboxylic acid groups (broad SMARTS) is 1. The normalized spacial score (nSPS) is 23.6. The minimum atomic E-state index is -0.900. The molecule has 3 fully saturated rings. The molecule has 3 heterocycles. The van der Waals surface area contributed by atoms with Crippen molar-refractivity contribution in [3.8, 4) is 0 Å². The number of benzene rings is 1. The molecule has 2 aliphatic carbocycles. The molecule has 2 atom stereocenters. The summed E-state index contributed by atoms with van der Waals surface area (Å²) in [6.45, 7) is 8.28. The Kier molecular flexibility index (Phi) is 7.44. The van der Waals surface area contributed by atoms with Crippen molar-refractivity contribution in [3.63, 3.8) is 0 Å². The lowest BCUT2D eigenvalue weighted by molar-refractivity contribution is 0.0697. The third kappa shape index (κ3) is 5.60. The predicted molar refractivity (Wildman–Crippen MR) is 154 cm³/mol. The lowest BCUT2D eigenvalue weighted by Crippen LogP contribution is -2.36. The van der Waals surface area contributed by atoms with E-state index in [1.807, 2.05) is 6.07 Å². The number of ether oxygens (including phenoxy) is 1. The molecule has 3 aliphatic rings. The number of anilines is 1. The van der Waals surface area contributed by atoms with Gasteiger partial charge in [0.2, 0.25) is 0 Å². The molecular weight excluding hydrogens is 510 g/mol. The zero-order chi connectivity index (χ0) is 27.1. The van der Waals surface area contributed by atoms with Crippen molar-refractivity contribution >= 4 is 32.7 Å². The first kappa shape index (κ1) is 26.8. The Bertz CT molecular complexity index is 1320. The number of aromatic nitrogens is 2. The van der Waals surface area contributed by atoms with Gasteiger partial charge in [-0.05, 0) is 87.8 Å². The Morgan fingerprint density at radius 1 is 1.13 bits per heavy atom. The number of hydrogen-bond acceptors (Lipinski definition) is 7. The second-order valence-corrected chi connectivity index (χ2v) is 13.7. The van der Waals surface area contributed by atoms with Gasteiger partial charge in [-0.25, -0.2) is 9.78 Å². The van der Waals surface area contributed by atoms with Gasteiger partial charge >= 0.3 is 5.97 Å². The highest BCUT2D eigenvalue weighted by molar-refractivity contribution is 7.22. The van der Waals surface area contributed by atoms with E-state index in [0.717, 1.165) is 52.5 Å². The maximum Gasteiger partial charge on any atom is 0.335 e. The number of hydrogen-bond donors (Lipinski definition) is 1. The number of aromatic carboxylic acids is 1. The average molecular weight is 552 g/mol. The molecule has 3 aromatic rings. The van der Waals surface area contributed by atoms with Crippen LogP contribution in [0.2, 0.25) is 0 Å². The maximum atomic E-state index is 11.4. The third-order valence-electron chi connectivity index (χ3n) is 9.30. The van der Waals surface area contributed by atoms with Crippen LogP contribution in [0.3, 0.4) is 0 Å². The van der Waals surface area contributed by atoms with Crippen LogP contribution in [-0.2, 0) is 11.3 Å². The van der Waals surface area contributed by atoms with Crippen molar-refractivity contribution in [2.75, 3.05) is 11.5 Å². The fourth-order valence-electron chi connectivity index (χ4n) is 6.65. The van der Waals surface area contributed by atoms with Crippen LogP contribution in [0.5, 0.6) is 0 Å². The molecule has 1 saturated heterocycles. The molecule has 39 heavy (non-hydrogen) atoms. The average Bonchev–Trinajstić information content (AvgIpc) is 3.34. The van der Waals surface area contributed by atoms with E-state index in [0.29, 0.717) is 48.1 Å². The number of rotatable bonds is 10. The summed E-state index contributed by atoms with van der Waals surface area (Å²) in [4.78, 5) is 18.8. The first-order valence-electron chi connectivity index (χ1n) is 14.8. The standard InChI is InChI=1S/C31H41N3O4S/c1-4-22-8-9-23(34(22)30-32-25-10-7-21(29(35)36)17-26(25)39-30)13-16-37-18-24-27(33-38-28(24)20-5-6-20)19-11-14-31(2,3)15-12-19/h7,10,17,19-20,22-23H,4-6,8-9,11-16,18H2,1-3H3,(H,35,36)/t22?,23-/m0/s1. The fraction of sp³-hybridized carbons (Fsp3) is 0.645. The van der Waals surface area contributed by atoms with E-state index in [1.165, 1.54) is 44.1 Å². The van der Waals surface area contributed by atoms with Gasteiger partial charge in [0.1, 0.15) is 5.76 Å². The van der Waals surface area contributed by atoms with Gasteiger partial charge in [0.15, 0.2) is 5.13 Å². The maximum absolute atomic E-state index is 11.4. The summed E-state index contributed by atoms with van der Waals surface area (Å²) >= 11 is 1.61. The number of thiazole rings is 1. The number of carbonyl (C=O) groups is 1. The van der Waals surface area contributed by atoms with Crippen LogP contribution in [0, 0.1) is 5.41 Å². The van der Waals surface area contributed by atoms with Crippen LogP contribution < -0.4 is 4.90 Å². The van der Waals surface area contributed by atoms with Crippen molar-refractivity contribution in [2.24, 2.45) is 5.41 Å². The molecule has 0 amide bonds. The first-order chi connectivity index (χ1) is 18.8. The van der Waals surface area contributed by atoms with Gasteiger partial charge in [-0.15, -0.1) is 0 Å². The van der Waals surface area contributed by atoms with E-state index in [-0.39, 0.29) is 0 Å². The predicted octanol–water partition coefficient (Wildman–Crippen LogP) is 7.90. The van der Waals surface area contributed by atoms with Gasteiger partial charge in [-0.3, -0.25) is 0 Å². The molecule has 1 unspecified atom stereocenters. The highest BCUT2D eigenvalue weighted by Crippen LogP contribution is 2.47. The molecule has 1 N–H and O–H groups in total. The molecule has 2 saturated carbocycles. The van der Waals surface area contributed by atoms with Crippen molar-refractivity contribution in [2.45, 2.75) is 116 Å². The summed E-state index contributed by atoms with van der Waals surface area (Å²) in [6.07, 6.45) is 11.5. The zero-order valence-electron chi connectivity index (χ0n) is 23.4. The summed E-state index contributed by atoms with van der Waals surface area (Å²) in [5.41, 5.74) is 4.01. The Hall–Kier alpha value is -2.45. The molecule has 7 nitrogen and oxygen atoms in total. The first-order valence-corrected chi connectivity index (χ1v) is 15.6. The molecule has 2 aromatic heterocycles. The molecule has 0 radical (unpaired) electrons. The smallest absolute Gasteiger partial charge is 0.335 e. The van der Waals surface area contributed by atoms with Gasteiger partial charge in [-0.1, -0.05) is 37.3 Å². The van der Waals surface area contributed by atoms with Crippen molar-refractivity contribution < 1.29 is 19.2 Å². The fourth-order valence-corrected chi connectivity index (χ4v) is 7.80. The molecule has 8 heteroatoms. The molecular formula is C31H41N3O4S. The van der Waals surface area contributed by atoms with Gasteiger partial charge in [-0.2, -0.15) is 0 Å². The highest BCUT2D eigenvalue weighted by Gasteiger charge is 2.37. The van der Waals surface area contributed by atoms with Crippen molar-refractivity contribution in [1.29, 1.82) is 0 Å². The monoisotopic (exact) mass is 551 g/mol. The zero-order valence-corrected chi connectivity index (χ0v) is 24.3. The number of carboxylic acids is 1. The van der Waals surface area contributed by atoms with E-state index in [4.69, 9.17) is 14.2 Å². The van der Waals surface area contributed by atoms with Gasteiger partial charge in [0.05, 0.1) is 28.1 Å². The van der Waals surface area contributed by atoms with Gasteiger partial charge < -0.3 is 19.3 Å². The second kappa shape index (κ2) is 10.8. The minimum Gasteiger partial charge on any atom is -0.478 e. The molecule has 1 aromatic carbocycles. The summed E-state index contributed by atoms with van der Waals surface area (Å²) in [6, 6.07) is 6.05. The SMILES string of the molecule is CCC1CC[C@@H](CCOCc2c(C3CCC(C)(C)CC3)noc2C2CC2)N1c1nc2ccc(C(=O)O)cc2s1. The molecule has 1 aliphatic heterocycles. The van der Waals surface area contributed by atoms with E-state index < -0.39 is 5.97 Å². The summed E-state index contributed by atoms with van der Waals surface area (Å²) < 4.78 is 13.2. The molecule has 210 valence electrons. The van der Waals surface area contributed by atoms with E-state index in [9.17, 15) is 9.90 Å². The van der Waals surface area contributed by atoms with Crippen LogP contribution in [0.25, 0.3) is 10.2 Å². The van der Waals surface area contributed by atoms with Crippen LogP contribution >= 0.6 is 11.3 Å². The number of fused-ring (bicyclic) bond motifs is 1. The quantitative estimate of drug-likeness (QED) is 0.256. The molecule has 0 bridgehead atoms. The van der Waals surface area contributed by atoms with Crippen LogP contribution in [0.4, 0.5) is 5.13 Å². The van der Waals surface area contributed by atoms with E-state index in [1.54, 1.807) is 23.5 Å². The highest BCUT2D eigenvalue weighted by atomic mass is 32.1. The van der Waals surface area contributed by atoms with E-state index in [2.05, 4.69) is 30.8 Å². The lowest BCUT2D eigenvalue weighted by Gasteiger charge is -2.33. The third-order valence-corrected chi connectivity index (χ3v) is 10.3. The second-order valence-electron chi connectivity index (χ2n) is 12.6. The number of nitrogens with zero attached hydrogens (tertiary/aromatic N) is 3. The molecule has 0 spiro atoms. The Morgan fingerprint density at radius 3 is 2.62 bits per heavy atom. The summed E-state index contributed by atoms with van der Waals surface area (Å²) in [7, 11) is 0. The Labute approximate surface area is 234 Å². The van der Waals surface area contributed by atoms with Crippen LogP contribution in [-0.4, -0.2) is 39.9 Å². The van der Waals surface area contributed by atoms with Crippen molar-refractivity contribution in [1.82, 2.24) is 10.1 Å². The summed E-state index contributed by atoms with van der Waals surface area (Å²) in [5, 5.41) is 15.0. The lowest BCUT2D eigenvalue weighted by atomic mass is 9.72. The molecule has 6 rings (SSSR count). The topological polar surface area (TPSA) is 88.7 Å². The van der Waals surface area contributed by atoms with Crippen molar-refractivity contribution in [3.05, 3.63) is 40.8 Å². The van der Waals surface area contributed by atoms with Gasteiger partial charge in [0.25, 0.3) is 0 Å². The van der Waals surface area contributed by atoms with Crippen LogP contribution in [0.1, 0.15) is 124 Å².